The van der Waals surface area contributed by atoms with Gasteiger partial charge in [-0.3, -0.25) is 0 Å². The molecule has 0 bridgehead atoms. The first-order valence-corrected chi connectivity index (χ1v) is 24.4. The average molecular weight is 857 g/mol. The van der Waals surface area contributed by atoms with E-state index in [0.29, 0.717) is 0 Å². The van der Waals surface area contributed by atoms with Gasteiger partial charge in [-0.25, -0.2) is 0 Å². The van der Waals surface area contributed by atoms with E-state index in [9.17, 15) is 0 Å². The highest BCUT2D eigenvalue weighted by Gasteiger charge is 2.52. The Balaban J connectivity index is 1.07. The molecule has 0 amide bonds. The van der Waals surface area contributed by atoms with E-state index < -0.39 is 11.3 Å². The molecule has 66 heavy (non-hydrogen) atoms. The van der Waals surface area contributed by atoms with Gasteiger partial charge in [0.05, 0.1) is 5.41 Å². The highest BCUT2D eigenvalue weighted by atomic mass is 15.1. The van der Waals surface area contributed by atoms with E-state index in [2.05, 4.69) is 230 Å². The van der Waals surface area contributed by atoms with Crippen LogP contribution in [0.2, 0.25) is 0 Å². The van der Waals surface area contributed by atoms with Gasteiger partial charge in [0, 0.05) is 23.8 Å². The van der Waals surface area contributed by atoms with Crippen LogP contribution in [0.5, 0.6) is 0 Å². The van der Waals surface area contributed by atoms with Crippen molar-refractivity contribution in [2.75, 3.05) is 4.90 Å². The van der Waals surface area contributed by atoms with E-state index in [4.69, 9.17) is 1.37 Å². The van der Waals surface area contributed by atoms with Gasteiger partial charge in [0.15, 0.2) is 0 Å². The summed E-state index contributed by atoms with van der Waals surface area (Å²) in [7, 11) is 0. The van der Waals surface area contributed by atoms with Crippen LogP contribution in [0, 0.1) is 0 Å². The lowest BCUT2D eigenvalue weighted by molar-refractivity contribution is 0.586. The summed E-state index contributed by atoms with van der Waals surface area (Å²) in [5.74, 6) is -0.448. The van der Waals surface area contributed by atoms with Crippen LogP contribution in [-0.2, 0) is 21.7 Å². The molecule has 0 saturated heterocycles. The van der Waals surface area contributed by atoms with E-state index in [1.165, 1.54) is 89.0 Å². The van der Waals surface area contributed by atoms with Gasteiger partial charge in [0.1, 0.15) is 0 Å². The number of nitrogens with zero attached hydrogens (tertiary/aromatic N) is 1. The monoisotopic (exact) mass is 856 g/mol. The zero-order chi connectivity index (χ0) is 46.3. The first-order valence-electron chi connectivity index (χ1n) is 24.9. The second kappa shape index (κ2) is 14.5. The number of hydrogen-bond donors (Lipinski definition) is 0. The molecule has 8 aromatic rings. The number of benzene rings is 8. The summed E-state index contributed by atoms with van der Waals surface area (Å²) < 4.78 is 9.12. The van der Waals surface area contributed by atoms with Gasteiger partial charge in [-0.05, 0) is 161 Å². The molecule has 8 aromatic carbocycles. The van der Waals surface area contributed by atoms with Crippen LogP contribution in [0.3, 0.4) is 0 Å². The summed E-state index contributed by atoms with van der Waals surface area (Å²) in [6.07, 6.45) is 4.20. The lowest BCUT2D eigenvalue weighted by Crippen LogP contribution is -2.27. The Morgan fingerprint density at radius 2 is 0.833 bits per heavy atom. The molecule has 1 nitrogen and oxygen atoms in total. The zero-order valence-electron chi connectivity index (χ0n) is 40.9. The Morgan fingerprint density at radius 1 is 0.424 bits per heavy atom. The van der Waals surface area contributed by atoms with Crippen molar-refractivity contribution in [3.8, 4) is 44.5 Å². The van der Waals surface area contributed by atoms with Crippen molar-refractivity contribution in [1.82, 2.24) is 0 Å². The molecule has 1 spiro atoms. The maximum Gasteiger partial charge on any atom is 0.0726 e. The molecule has 12 rings (SSSR count). The minimum absolute atomic E-state index is 0.0177. The SMILES string of the molecule is [2H]C1(c2ccc(-c3ccc(N(c4ccc5c(c4)C(C)(C)c4ccccc4-5)c4ccc5c(c4)C4(c6ccccc6-5)c5cc(C(C)(C)C)ccc5-c5ccc(C(C)(C)C)cc54)cc3)cc2)CCCC1. The number of fused-ring (bicyclic) bond motifs is 13. The van der Waals surface area contributed by atoms with Crippen LogP contribution in [0.15, 0.2) is 170 Å². The van der Waals surface area contributed by atoms with Crippen molar-refractivity contribution in [2.45, 2.75) is 109 Å². The van der Waals surface area contributed by atoms with Gasteiger partial charge in [-0.15, -0.1) is 0 Å². The quantitative estimate of drug-likeness (QED) is 0.167. The van der Waals surface area contributed by atoms with Gasteiger partial charge in [-0.1, -0.05) is 202 Å². The minimum atomic E-state index is -0.505. The average Bonchev–Trinajstić information content (AvgIpc) is 4.05. The van der Waals surface area contributed by atoms with Crippen molar-refractivity contribution in [3.63, 3.8) is 0 Å². The predicted octanol–water partition coefficient (Wildman–Crippen LogP) is 17.7. The first-order chi connectivity index (χ1) is 32.1. The zero-order valence-corrected chi connectivity index (χ0v) is 39.9. The van der Waals surface area contributed by atoms with E-state index >= 15 is 0 Å². The molecule has 0 unspecified atom stereocenters. The predicted molar refractivity (Wildman–Crippen MR) is 279 cm³/mol. The molecule has 0 aromatic heterocycles. The van der Waals surface area contributed by atoms with Crippen LogP contribution in [-0.4, -0.2) is 0 Å². The van der Waals surface area contributed by atoms with Crippen LogP contribution in [0.25, 0.3) is 44.5 Å². The van der Waals surface area contributed by atoms with Gasteiger partial charge in [-0.2, -0.15) is 0 Å². The molecule has 1 fully saturated rings. The Morgan fingerprint density at radius 3 is 1.38 bits per heavy atom. The van der Waals surface area contributed by atoms with Crippen molar-refractivity contribution in [1.29, 1.82) is 0 Å². The molecule has 4 aliphatic rings. The fraction of sp³-hybridized carbons (Fsp3) is 0.262. The highest BCUT2D eigenvalue weighted by Crippen LogP contribution is 2.64. The molecular weight excluding hydrogens is 795 g/mol. The summed E-state index contributed by atoms with van der Waals surface area (Å²) in [4.78, 5) is 2.50. The molecule has 0 aliphatic heterocycles. The van der Waals surface area contributed by atoms with Crippen molar-refractivity contribution in [2.24, 2.45) is 0 Å². The van der Waals surface area contributed by atoms with Gasteiger partial charge in [0.2, 0.25) is 0 Å². The Labute approximate surface area is 394 Å². The fourth-order valence-corrected chi connectivity index (χ4v) is 12.3. The second-order valence-corrected chi connectivity index (χ2v) is 22.2. The molecule has 0 heterocycles. The standard InChI is InChI=1S/C65H61N/c1-62(2,3)45-27-33-53-54-34-28-46(63(4,5)6)38-60(54)65(59(53)37-45)57-20-14-12-18-51(57)55-36-32-49(40-61(55)65)66(48-31-35-52-50-17-11-13-19-56(50)64(7,8)58(52)39-48)47-29-25-44(26-30-47)43-23-21-42(22-24-43)41-15-9-10-16-41/h11-14,17-41H,9-10,15-16H2,1-8H3/i41D. The Kier molecular flexibility index (Phi) is 8.78. The van der Waals surface area contributed by atoms with Crippen LogP contribution >= 0.6 is 0 Å². The van der Waals surface area contributed by atoms with Crippen molar-refractivity contribution in [3.05, 3.63) is 220 Å². The van der Waals surface area contributed by atoms with Crippen molar-refractivity contribution < 1.29 is 1.37 Å². The van der Waals surface area contributed by atoms with E-state index in [0.717, 1.165) is 48.3 Å². The molecule has 326 valence electrons. The smallest absolute Gasteiger partial charge is 0.0726 e. The Bertz CT molecular complexity index is 3230. The van der Waals surface area contributed by atoms with Crippen molar-refractivity contribution >= 4 is 17.1 Å². The summed E-state index contributed by atoms with van der Waals surface area (Å²) >= 11 is 0. The summed E-state index contributed by atoms with van der Waals surface area (Å²) in [5.41, 5.74) is 25.1. The molecule has 0 radical (unpaired) electrons. The topological polar surface area (TPSA) is 3.24 Å². The lowest BCUT2D eigenvalue weighted by atomic mass is 9.68. The number of anilines is 3. The summed E-state index contributed by atoms with van der Waals surface area (Å²) in [6, 6.07) is 65.3. The van der Waals surface area contributed by atoms with Crippen LogP contribution in [0.1, 0.15) is 138 Å². The van der Waals surface area contributed by atoms with Gasteiger partial charge in [0.25, 0.3) is 0 Å². The fourth-order valence-electron chi connectivity index (χ4n) is 12.3. The third kappa shape index (κ3) is 6.04. The van der Waals surface area contributed by atoms with Crippen LogP contribution in [0.4, 0.5) is 17.1 Å². The van der Waals surface area contributed by atoms with E-state index in [-0.39, 0.29) is 16.2 Å². The largest absolute Gasteiger partial charge is 0.310 e. The molecule has 4 aliphatic carbocycles. The normalized spacial score (nSPS) is 16.8. The molecule has 0 N–H and O–H groups in total. The summed E-state index contributed by atoms with van der Waals surface area (Å²) in [5, 5.41) is 0. The van der Waals surface area contributed by atoms with E-state index in [1.54, 1.807) is 0 Å². The maximum absolute atomic E-state index is 9.12. The lowest BCUT2D eigenvalue weighted by Gasteiger charge is -2.34. The molecule has 0 atom stereocenters. The number of hydrogen-bond acceptors (Lipinski definition) is 1. The molecular formula is C65H61N. The minimum Gasteiger partial charge on any atom is -0.310 e. The van der Waals surface area contributed by atoms with Gasteiger partial charge < -0.3 is 4.90 Å². The highest BCUT2D eigenvalue weighted by molar-refractivity contribution is 5.97. The van der Waals surface area contributed by atoms with Crippen LogP contribution < -0.4 is 4.90 Å². The second-order valence-electron chi connectivity index (χ2n) is 22.2. The third-order valence-electron chi connectivity index (χ3n) is 15.9. The number of rotatable bonds is 5. The van der Waals surface area contributed by atoms with E-state index in [1.807, 2.05) is 0 Å². The Hall–Kier alpha value is -6.44. The van der Waals surface area contributed by atoms with Gasteiger partial charge >= 0.3 is 0 Å². The summed E-state index contributed by atoms with van der Waals surface area (Å²) in [6.45, 7) is 18.8. The maximum atomic E-state index is 9.12. The third-order valence-corrected chi connectivity index (χ3v) is 15.9. The first kappa shape index (κ1) is 39.9. The molecule has 1 saturated carbocycles. The molecule has 1 heteroatoms.